The van der Waals surface area contributed by atoms with Crippen LogP contribution in [0.2, 0.25) is 0 Å². The largest absolute Gasteiger partial charge is 1.00 e. The number of carboxylic acid groups (broad SMARTS) is 3. The van der Waals surface area contributed by atoms with Gasteiger partial charge in [-0.2, -0.15) is 0 Å². The average Bonchev–Trinajstić information content (AvgIpc) is 3.05. The van der Waals surface area contributed by atoms with Gasteiger partial charge in [-0.05, 0) is 32.1 Å². The Labute approximate surface area is 376 Å². The van der Waals surface area contributed by atoms with Gasteiger partial charge in [-0.25, -0.2) is 0 Å². The minimum absolute atomic E-state index is 0. The van der Waals surface area contributed by atoms with Crippen molar-refractivity contribution in [2.75, 3.05) is 0 Å². The summed E-state index contributed by atoms with van der Waals surface area (Å²) in [5.74, 6) is -2.47. The zero-order valence-electron chi connectivity index (χ0n) is 34.4. The molecule has 0 aliphatic heterocycles. The summed E-state index contributed by atoms with van der Waals surface area (Å²) in [6.07, 6.45) is 42.4. The van der Waals surface area contributed by atoms with Gasteiger partial charge in [0.25, 0.3) is 0 Å². The fourth-order valence-electron chi connectivity index (χ4n) is 5.81. The third-order valence-electron chi connectivity index (χ3n) is 8.96. The van der Waals surface area contributed by atoms with Crippen molar-refractivity contribution in [1.29, 1.82) is 0 Å². The van der Waals surface area contributed by atoms with Gasteiger partial charge >= 0.3 is 86.9 Å². The normalized spacial score (nSPS) is 10.1. The Kier molecular flexibility index (Phi) is 68.5. The summed E-state index contributed by atoms with van der Waals surface area (Å²) in [4.78, 5) is 30.6. The molecule has 0 rings (SSSR count). The van der Waals surface area contributed by atoms with Crippen LogP contribution in [-0.2, 0) is 14.4 Å². The Balaban J connectivity index is -0.000000199. The molecule has 0 aromatic rings. The maximum atomic E-state index is 10.3. The molecule has 0 amide bonds. The van der Waals surface area contributed by atoms with E-state index in [-0.39, 0.29) is 93.8 Å². The Bertz CT molecular complexity index is 564. The van der Waals surface area contributed by atoms with Crippen molar-refractivity contribution in [2.24, 2.45) is 0 Å². The van der Waals surface area contributed by atoms with Gasteiger partial charge in [0.05, 0.1) is 0 Å². The monoisotopic (exact) mass is 745 g/mol. The summed E-state index contributed by atoms with van der Waals surface area (Å²) in [6.45, 7) is 6.73. The molecule has 0 aromatic heterocycles. The van der Waals surface area contributed by atoms with E-state index in [0.29, 0.717) is 6.42 Å². The van der Waals surface area contributed by atoms with Crippen molar-refractivity contribution in [3.63, 3.8) is 0 Å². The molecule has 0 atom stereocenters. The first-order valence-electron chi connectivity index (χ1n) is 20.9. The summed E-state index contributed by atoms with van der Waals surface area (Å²) < 4.78 is 0. The molecule has 0 aliphatic carbocycles. The van der Waals surface area contributed by atoms with E-state index in [9.17, 15) is 24.6 Å². The van der Waals surface area contributed by atoms with E-state index in [0.717, 1.165) is 38.5 Å². The molecule has 1 N–H and O–H groups in total. The molecule has 0 aliphatic rings. The molecule has 0 saturated heterocycles. The van der Waals surface area contributed by atoms with E-state index < -0.39 is 17.9 Å². The van der Waals surface area contributed by atoms with Crippen LogP contribution in [-0.4, -0.2) is 23.0 Å². The first-order valence-corrected chi connectivity index (χ1v) is 20.9. The first kappa shape index (κ1) is 60.3. The van der Waals surface area contributed by atoms with Crippen molar-refractivity contribution >= 4 is 17.9 Å². The van der Waals surface area contributed by atoms with Gasteiger partial charge in [0.15, 0.2) is 0 Å². The van der Waals surface area contributed by atoms with Crippen LogP contribution in [0.25, 0.3) is 0 Å². The van der Waals surface area contributed by atoms with E-state index in [1.807, 2.05) is 0 Å². The number of aliphatic carboxylic acids is 3. The molecule has 0 bridgehead atoms. The Morgan fingerprint density at radius 3 is 0.660 bits per heavy atom. The second-order valence-electron chi connectivity index (χ2n) is 14.0. The second-order valence-corrected chi connectivity index (χ2v) is 14.0. The number of hydrogen-bond donors (Lipinski definition) is 1. The van der Waals surface area contributed by atoms with Gasteiger partial charge in [0.2, 0.25) is 0 Å². The number of hydrogen-bond acceptors (Lipinski definition) is 5. The number of carboxylic acids is 3. The molecular formula is C42H82KNaO6. The fourth-order valence-corrected chi connectivity index (χ4v) is 5.81. The number of carbonyl (C=O) groups is 3. The second kappa shape index (κ2) is 56.8. The Morgan fingerprint density at radius 1 is 0.340 bits per heavy atom. The first-order chi connectivity index (χ1) is 23.3. The summed E-state index contributed by atoms with van der Waals surface area (Å²) in [5, 5.41) is 28.8. The third kappa shape index (κ3) is 70.6. The minimum Gasteiger partial charge on any atom is -0.550 e. The van der Waals surface area contributed by atoms with Crippen molar-refractivity contribution < 1.29 is 111 Å². The van der Waals surface area contributed by atoms with Crippen LogP contribution >= 0.6 is 0 Å². The van der Waals surface area contributed by atoms with Crippen LogP contribution in [0.1, 0.15) is 252 Å². The molecule has 0 saturated carbocycles. The van der Waals surface area contributed by atoms with Crippen molar-refractivity contribution in [2.45, 2.75) is 252 Å². The summed E-state index contributed by atoms with van der Waals surface area (Å²) >= 11 is 0. The Hall–Kier alpha value is 1.05. The van der Waals surface area contributed by atoms with E-state index in [1.165, 1.54) is 173 Å². The van der Waals surface area contributed by atoms with Gasteiger partial charge in [-0.15, -0.1) is 0 Å². The van der Waals surface area contributed by atoms with Gasteiger partial charge < -0.3 is 24.9 Å². The molecule has 50 heavy (non-hydrogen) atoms. The standard InChI is InChI=1S/3C14H28O2.K.Na/c3*1-2-3-4-5-6-7-8-9-10-11-12-13-14(15)16;;/h3*2-13H2,1H3,(H,15,16);;/q;;;2*+1/p-2. The van der Waals surface area contributed by atoms with Crippen LogP contribution in [0, 0.1) is 0 Å². The summed E-state index contributed by atoms with van der Waals surface area (Å²) in [5.41, 5.74) is 0. The SMILES string of the molecule is CCCCCCCCCCCCCC(=O)O.CCCCCCCCCCCCCC(=O)[O-].CCCCCCCCCCCCCC(=O)[O-].[K+].[Na+]. The van der Waals surface area contributed by atoms with Crippen LogP contribution in [0.5, 0.6) is 0 Å². The predicted molar refractivity (Wildman–Crippen MR) is 201 cm³/mol. The molecule has 0 spiro atoms. The number of unbranched alkanes of at least 4 members (excludes halogenated alkanes) is 30. The van der Waals surface area contributed by atoms with Crippen molar-refractivity contribution in [1.82, 2.24) is 0 Å². The number of carbonyl (C=O) groups excluding carboxylic acids is 2. The quantitative estimate of drug-likeness (QED) is 0.0655. The van der Waals surface area contributed by atoms with Crippen molar-refractivity contribution in [3.05, 3.63) is 0 Å². The zero-order chi connectivity index (χ0) is 36.2. The molecule has 288 valence electrons. The Morgan fingerprint density at radius 2 is 0.500 bits per heavy atom. The topological polar surface area (TPSA) is 118 Å². The molecule has 0 aromatic carbocycles. The number of rotatable bonds is 36. The predicted octanol–water partition coefficient (Wildman–Crippen LogP) is 5.65. The minimum atomic E-state index is -0.907. The van der Waals surface area contributed by atoms with Gasteiger partial charge in [0.1, 0.15) is 0 Å². The van der Waals surface area contributed by atoms with E-state index >= 15 is 0 Å². The van der Waals surface area contributed by atoms with Crippen molar-refractivity contribution in [3.8, 4) is 0 Å². The summed E-state index contributed by atoms with van der Waals surface area (Å²) in [7, 11) is 0. The fraction of sp³-hybridized carbons (Fsp3) is 0.929. The van der Waals surface area contributed by atoms with Crippen LogP contribution in [0.3, 0.4) is 0 Å². The van der Waals surface area contributed by atoms with Gasteiger partial charge in [-0.3, -0.25) is 4.79 Å². The maximum Gasteiger partial charge on any atom is 1.00 e. The maximum absolute atomic E-state index is 10.3. The third-order valence-corrected chi connectivity index (χ3v) is 8.96. The summed E-state index contributed by atoms with van der Waals surface area (Å²) in [6, 6.07) is 0. The van der Waals surface area contributed by atoms with Crippen LogP contribution in [0.4, 0.5) is 0 Å². The molecule has 6 nitrogen and oxygen atoms in total. The van der Waals surface area contributed by atoms with Gasteiger partial charge in [0, 0.05) is 18.4 Å². The smallest absolute Gasteiger partial charge is 0.550 e. The van der Waals surface area contributed by atoms with E-state index in [1.54, 1.807) is 0 Å². The molecule has 0 fully saturated rings. The zero-order valence-corrected chi connectivity index (χ0v) is 39.6. The molecule has 0 heterocycles. The van der Waals surface area contributed by atoms with Crippen LogP contribution in [0.15, 0.2) is 0 Å². The average molecular weight is 745 g/mol. The van der Waals surface area contributed by atoms with E-state index in [4.69, 9.17) is 5.11 Å². The molecule has 0 radical (unpaired) electrons. The molecule has 8 heteroatoms. The molecule has 0 unspecified atom stereocenters. The van der Waals surface area contributed by atoms with E-state index in [2.05, 4.69) is 20.8 Å². The van der Waals surface area contributed by atoms with Gasteiger partial charge in [-0.1, -0.05) is 213 Å². The van der Waals surface area contributed by atoms with Crippen LogP contribution < -0.4 is 91.2 Å². The molecular weight excluding hydrogens is 663 g/mol.